The first kappa shape index (κ1) is 34.0. The lowest BCUT2D eigenvalue weighted by molar-refractivity contribution is -0.203. The Balaban J connectivity index is 2.30. The van der Waals surface area contributed by atoms with E-state index in [1.165, 1.54) is 18.9 Å². The molecule has 1 aromatic carbocycles. The Labute approximate surface area is 244 Å². The van der Waals surface area contributed by atoms with Gasteiger partial charge in [0.05, 0.1) is 11.8 Å². The highest BCUT2D eigenvalue weighted by Crippen LogP contribution is 2.26. The fourth-order valence-electron chi connectivity index (χ4n) is 4.63. The van der Waals surface area contributed by atoms with E-state index < -0.39 is 47.9 Å². The van der Waals surface area contributed by atoms with E-state index in [4.69, 9.17) is 14.3 Å². The Morgan fingerprint density at radius 3 is 2.29 bits per heavy atom. The maximum Gasteiger partial charge on any atom is 0.303 e. The van der Waals surface area contributed by atoms with Crippen LogP contribution in [0, 0.1) is 23.7 Å². The number of ether oxygens (including phenoxy) is 2. The molecule has 0 aromatic heterocycles. The van der Waals surface area contributed by atoms with Crippen LogP contribution in [0.3, 0.4) is 0 Å². The summed E-state index contributed by atoms with van der Waals surface area (Å²) in [4.78, 5) is 57.5. The summed E-state index contributed by atoms with van der Waals surface area (Å²) in [6.45, 7) is 11.2. The van der Waals surface area contributed by atoms with Crippen LogP contribution in [0.25, 0.3) is 6.08 Å². The largest absolute Gasteiger partial charge is 0.453 e. The van der Waals surface area contributed by atoms with Gasteiger partial charge < -0.3 is 9.47 Å². The third kappa shape index (κ3) is 12.4. The van der Waals surface area contributed by atoms with Crippen LogP contribution in [-0.4, -0.2) is 54.2 Å². The molecular weight excluding hydrogens is 526 g/mol. The van der Waals surface area contributed by atoms with Crippen molar-refractivity contribution in [3.63, 3.8) is 0 Å². The topological polar surface area (TPSA) is 123 Å². The van der Waals surface area contributed by atoms with Gasteiger partial charge >= 0.3 is 5.97 Å². The van der Waals surface area contributed by atoms with E-state index in [9.17, 15) is 19.2 Å². The summed E-state index contributed by atoms with van der Waals surface area (Å²) in [5, 5.41) is 1.19. The molecule has 1 heterocycles. The minimum atomic E-state index is -1.08. The molecule has 1 aliphatic rings. The van der Waals surface area contributed by atoms with E-state index in [-0.39, 0.29) is 24.8 Å². The van der Waals surface area contributed by atoms with E-state index in [0.29, 0.717) is 19.4 Å². The smallest absolute Gasteiger partial charge is 0.303 e. The number of hydrazine groups is 1. The highest BCUT2D eigenvalue weighted by atomic mass is 16.8. The molecule has 228 valence electrons. The third-order valence-corrected chi connectivity index (χ3v) is 6.56. The van der Waals surface area contributed by atoms with Crippen molar-refractivity contribution in [3.8, 4) is 0 Å². The van der Waals surface area contributed by atoms with Crippen molar-refractivity contribution in [2.45, 2.75) is 86.0 Å². The maximum atomic E-state index is 13.8. The number of nitrogens with zero attached hydrogens (tertiary/aromatic N) is 1. The van der Waals surface area contributed by atoms with Crippen molar-refractivity contribution in [2.24, 2.45) is 23.7 Å². The van der Waals surface area contributed by atoms with E-state index in [1.54, 1.807) is 0 Å². The Hall–Kier alpha value is -3.24. The van der Waals surface area contributed by atoms with Gasteiger partial charge in [0, 0.05) is 26.5 Å². The molecule has 1 saturated heterocycles. The maximum absolute atomic E-state index is 13.8. The predicted molar refractivity (Wildman–Crippen MR) is 155 cm³/mol. The summed E-state index contributed by atoms with van der Waals surface area (Å²) in [7, 11) is 0. The highest BCUT2D eigenvalue weighted by Gasteiger charge is 2.36. The van der Waals surface area contributed by atoms with E-state index >= 15 is 0 Å². The van der Waals surface area contributed by atoms with Crippen LogP contribution in [0.1, 0.15) is 79.2 Å². The fourth-order valence-corrected chi connectivity index (χ4v) is 4.63. The van der Waals surface area contributed by atoms with Gasteiger partial charge in [-0.15, -0.1) is 0 Å². The molecule has 0 bridgehead atoms. The van der Waals surface area contributed by atoms with Gasteiger partial charge in [0.2, 0.25) is 11.8 Å². The van der Waals surface area contributed by atoms with Gasteiger partial charge in [-0.3, -0.25) is 29.6 Å². The number of benzene rings is 1. The van der Waals surface area contributed by atoms with Gasteiger partial charge in [-0.2, -0.15) is 0 Å². The Morgan fingerprint density at radius 1 is 1.00 bits per heavy atom. The second-order valence-electron chi connectivity index (χ2n) is 11.3. The van der Waals surface area contributed by atoms with Crippen molar-refractivity contribution in [3.05, 3.63) is 42.0 Å². The van der Waals surface area contributed by atoms with Crippen molar-refractivity contribution in [2.75, 3.05) is 13.2 Å². The summed E-state index contributed by atoms with van der Waals surface area (Å²) in [5.41, 5.74) is 6.25. The molecule has 10 nitrogen and oxygen atoms in total. The molecule has 3 amide bonds. The van der Waals surface area contributed by atoms with E-state index in [0.717, 1.165) is 18.4 Å². The van der Waals surface area contributed by atoms with Crippen LogP contribution >= 0.6 is 0 Å². The zero-order valence-corrected chi connectivity index (χ0v) is 25.3. The first-order chi connectivity index (χ1) is 19.5. The average molecular weight is 574 g/mol. The quantitative estimate of drug-likeness (QED) is 0.250. The Bertz CT molecular complexity index is 1010. The monoisotopic (exact) mass is 573 g/mol. The lowest BCUT2D eigenvalue weighted by Gasteiger charge is -2.32. The molecule has 0 spiro atoms. The first-order valence-corrected chi connectivity index (χ1v) is 14.6. The number of hydrogen-bond donors (Lipinski definition) is 2. The number of hydroxylamine groups is 1. The number of esters is 1. The molecule has 0 saturated carbocycles. The molecule has 2 unspecified atom stereocenters. The minimum Gasteiger partial charge on any atom is -0.453 e. The number of carbonyl (C=O) groups is 4. The molecule has 2 rings (SSSR count). The summed E-state index contributed by atoms with van der Waals surface area (Å²) in [5.74, 6) is -3.52. The van der Waals surface area contributed by atoms with Crippen molar-refractivity contribution in [1.82, 2.24) is 15.9 Å². The molecule has 1 aromatic rings. The summed E-state index contributed by atoms with van der Waals surface area (Å²) in [6, 6.07) is 9.68. The van der Waals surface area contributed by atoms with Gasteiger partial charge in [-0.25, -0.2) is 10.3 Å². The lowest BCUT2D eigenvalue weighted by Crippen LogP contribution is -2.55. The van der Waals surface area contributed by atoms with Crippen LogP contribution in [0.5, 0.6) is 0 Å². The molecule has 0 aliphatic carbocycles. The number of carbonyl (C=O) groups excluding carboxylic acids is 4. The molecular formula is C31H47N3O7. The number of nitrogens with one attached hydrogen (secondary N) is 2. The minimum absolute atomic E-state index is 0.0177. The molecule has 4 atom stereocenters. The Morgan fingerprint density at radius 2 is 1.71 bits per heavy atom. The van der Waals surface area contributed by atoms with Crippen molar-refractivity contribution in [1.29, 1.82) is 0 Å². The van der Waals surface area contributed by atoms with Crippen LogP contribution in [0.15, 0.2) is 36.4 Å². The summed E-state index contributed by atoms with van der Waals surface area (Å²) >= 11 is 0. The van der Waals surface area contributed by atoms with E-state index in [1.807, 2.05) is 70.2 Å². The molecule has 0 radical (unpaired) electrons. The lowest BCUT2D eigenvalue weighted by atomic mass is 9.82. The number of rotatable bonds is 14. The van der Waals surface area contributed by atoms with Crippen LogP contribution in [0.4, 0.5) is 0 Å². The number of amides is 3. The van der Waals surface area contributed by atoms with Gasteiger partial charge in [0.1, 0.15) is 0 Å². The van der Waals surface area contributed by atoms with Crippen LogP contribution < -0.4 is 10.9 Å². The second kappa shape index (κ2) is 17.5. The van der Waals surface area contributed by atoms with Crippen LogP contribution in [-0.2, 0) is 33.5 Å². The first-order valence-electron chi connectivity index (χ1n) is 14.6. The standard InChI is InChI=1S/C31H47N3O7/c1-21(2)19-27(29(36)32-34(20-22(3)4)31(38)23(5)40-24(6)35)26(16-12-15-25-13-8-7-9-14-25)30(37)33-41-28-17-10-11-18-39-28/h7-9,12-15,21-23,26-28H,10-11,16-20H2,1-6H3,(H,32,36)(H,33,37)/t23?,26-,27+,28?/m0/s1. The van der Waals surface area contributed by atoms with Crippen molar-refractivity contribution < 1.29 is 33.5 Å². The van der Waals surface area contributed by atoms with Gasteiger partial charge in [0.15, 0.2) is 12.4 Å². The second-order valence-corrected chi connectivity index (χ2v) is 11.3. The fraction of sp³-hybridized carbons (Fsp3) is 0.613. The molecule has 1 fully saturated rings. The number of hydrogen-bond acceptors (Lipinski definition) is 7. The third-order valence-electron chi connectivity index (χ3n) is 6.56. The summed E-state index contributed by atoms with van der Waals surface area (Å²) < 4.78 is 10.6. The average Bonchev–Trinajstić information content (AvgIpc) is 2.92. The zero-order valence-electron chi connectivity index (χ0n) is 25.3. The zero-order chi connectivity index (χ0) is 30.4. The van der Waals surface area contributed by atoms with Crippen molar-refractivity contribution >= 4 is 29.8 Å². The molecule has 10 heteroatoms. The normalized spacial score (nSPS) is 17.6. The van der Waals surface area contributed by atoms with Gasteiger partial charge in [-0.05, 0) is 50.0 Å². The Kier molecular flexibility index (Phi) is 14.5. The van der Waals surface area contributed by atoms with Crippen LogP contribution in [0.2, 0.25) is 0 Å². The molecule has 1 aliphatic heterocycles. The SMILES string of the molecule is CC(=O)OC(C)C(=O)N(CC(C)C)NC(=O)[C@H](CC(C)C)[C@H](CC=Cc1ccccc1)C(=O)NOC1CCCCO1. The molecule has 2 N–H and O–H groups in total. The molecule has 41 heavy (non-hydrogen) atoms. The number of allylic oxidation sites excluding steroid dienone is 1. The highest BCUT2D eigenvalue weighted by molar-refractivity contribution is 5.90. The van der Waals surface area contributed by atoms with E-state index in [2.05, 4.69) is 10.9 Å². The van der Waals surface area contributed by atoms with Gasteiger partial charge in [-0.1, -0.05) is 70.2 Å². The predicted octanol–water partition coefficient (Wildman–Crippen LogP) is 4.41. The van der Waals surface area contributed by atoms with Gasteiger partial charge in [0.25, 0.3) is 5.91 Å². The summed E-state index contributed by atoms with van der Waals surface area (Å²) in [6.07, 6.45) is 5.38.